The number of aromatic nitrogens is 2. The highest BCUT2D eigenvalue weighted by Crippen LogP contribution is 2.24. The Morgan fingerprint density at radius 1 is 0.955 bits per heavy atom. The van der Waals surface area contributed by atoms with Crippen LogP contribution in [0, 0.1) is 0 Å². The predicted molar refractivity (Wildman–Crippen MR) is 86.8 cm³/mol. The zero-order valence-electron chi connectivity index (χ0n) is 12.3. The van der Waals surface area contributed by atoms with E-state index in [0.717, 1.165) is 16.8 Å². The summed E-state index contributed by atoms with van der Waals surface area (Å²) >= 11 is 5.93. The monoisotopic (exact) mass is 314 g/mol. The minimum absolute atomic E-state index is 0.143. The second kappa shape index (κ2) is 6.20. The van der Waals surface area contributed by atoms with Crippen LogP contribution >= 0.6 is 11.6 Å². The molecule has 0 aliphatic carbocycles. The van der Waals surface area contributed by atoms with Crippen LogP contribution < -0.4 is 9.47 Å². The van der Waals surface area contributed by atoms with Gasteiger partial charge in [-0.15, -0.1) is 0 Å². The highest BCUT2D eigenvalue weighted by molar-refractivity contribution is 6.31. The number of fused-ring (bicyclic) bond motifs is 1. The molecule has 0 unspecified atom stereocenters. The van der Waals surface area contributed by atoms with Crippen molar-refractivity contribution in [3.8, 4) is 17.4 Å². The molecule has 1 aromatic heterocycles. The molecule has 0 aliphatic heterocycles. The molecule has 2 aromatic carbocycles. The van der Waals surface area contributed by atoms with E-state index >= 15 is 0 Å². The van der Waals surface area contributed by atoms with Crippen molar-refractivity contribution in [2.75, 3.05) is 0 Å². The molecule has 0 atom stereocenters. The zero-order chi connectivity index (χ0) is 15.5. The average Bonchev–Trinajstić information content (AvgIpc) is 2.49. The van der Waals surface area contributed by atoms with E-state index in [0.29, 0.717) is 16.7 Å². The lowest BCUT2D eigenvalue weighted by molar-refractivity contribution is 0.242. The second-order valence-electron chi connectivity index (χ2n) is 5.08. The molecule has 0 fully saturated rings. The average molecular weight is 315 g/mol. The normalized spacial score (nSPS) is 10.9. The molecule has 5 heteroatoms. The van der Waals surface area contributed by atoms with Gasteiger partial charge >= 0.3 is 0 Å². The fourth-order valence-electron chi connectivity index (χ4n) is 2.00. The summed E-state index contributed by atoms with van der Waals surface area (Å²) in [5.74, 6) is 1.92. The first-order valence-corrected chi connectivity index (χ1v) is 7.35. The first kappa shape index (κ1) is 14.6. The number of benzene rings is 2. The van der Waals surface area contributed by atoms with Crippen molar-refractivity contribution in [1.82, 2.24) is 9.97 Å². The summed E-state index contributed by atoms with van der Waals surface area (Å²) in [5.41, 5.74) is 1.47. The van der Waals surface area contributed by atoms with Crippen LogP contribution in [0.4, 0.5) is 0 Å². The molecular weight excluding hydrogens is 300 g/mol. The summed E-state index contributed by atoms with van der Waals surface area (Å²) in [6.07, 6.45) is 1.72. The maximum absolute atomic E-state index is 5.93. The van der Waals surface area contributed by atoms with Gasteiger partial charge < -0.3 is 9.47 Å². The molecule has 0 spiro atoms. The lowest BCUT2D eigenvalue weighted by Gasteiger charge is -2.10. The number of halogens is 1. The quantitative estimate of drug-likeness (QED) is 0.689. The first-order valence-electron chi connectivity index (χ1n) is 6.97. The zero-order valence-corrected chi connectivity index (χ0v) is 13.0. The van der Waals surface area contributed by atoms with Crippen LogP contribution in [0.2, 0.25) is 5.02 Å². The SMILES string of the molecule is CC(C)Oc1ccc(Oc2cnc3cc(Cl)ccc3n2)cc1. The van der Waals surface area contributed by atoms with Gasteiger partial charge in [0.05, 0.1) is 23.3 Å². The summed E-state index contributed by atoms with van der Waals surface area (Å²) in [5, 5.41) is 0.635. The maximum Gasteiger partial charge on any atom is 0.238 e. The van der Waals surface area contributed by atoms with Crippen molar-refractivity contribution in [2.45, 2.75) is 20.0 Å². The molecule has 22 heavy (non-hydrogen) atoms. The van der Waals surface area contributed by atoms with E-state index in [9.17, 15) is 0 Å². The molecule has 0 saturated carbocycles. The Morgan fingerprint density at radius 3 is 2.41 bits per heavy atom. The standard InChI is InChI=1S/C17H15ClN2O2/c1-11(2)21-13-4-6-14(7-5-13)22-17-10-19-16-9-12(18)3-8-15(16)20-17/h3-11H,1-2H3. The van der Waals surface area contributed by atoms with Gasteiger partial charge in [-0.05, 0) is 56.3 Å². The number of ether oxygens (including phenoxy) is 2. The molecule has 3 rings (SSSR count). The van der Waals surface area contributed by atoms with Crippen molar-refractivity contribution in [3.05, 3.63) is 53.7 Å². The number of hydrogen-bond donors (Lipinski definition) is 0. The molecule has 0 bridgehead atoms. The van der Waals surface area contributed by atoms with Crippen LogP contribution in [0.15, 0.2) is 48.7 Å². The van der Waals surface area contributed by atoms with Crippen molar-refractivity contribution < 1.29 is 9.47 Å². The molecule has 4 nitrogen and oxygen atoms in total. The second-order valence-corrected chi connectivity index (χ2v) is 5.52. The Kier molecular flexibility index (Phi) is 4.11. The Bertz CT molecular complexity index is 788. The van der Waals surface area contributed by atoms with E-state index in [-0.39, 0.29) is 6.10 Å². The molecule has 0 aliphatic rings. The molecular formula is C17H15ClN2O2. The summed E-state index contributed by atoms with van der Waals surface area (Å²) in [6.45, 7) is 3.97. The summed E-state index contributed by atoms with van der Waals surface area (Å²) in [7, 11) is 0. The first-order chi connectivity index (χ1) is 10.6. The van der Waals surface area contributed by atoms with E-state index in [4.69, 9.17) is 21.1 Å². The Balaban J connectivity index is 1.79. The smallest absolute Gasteiger partial charge is 0.238 e. The van der Waals surface area contributed by atoms with Gasteiger partial charge in [-0.1, -0.05) is 11.6 Å². The van der Waals surface area contributed by atoms with Gasteiger partial charge in [0, 0.05) is 5.02 Å². The molecule has 0 radical (unpaired) electrons. The third-order valence-electron chi connectivity index (χ3n) is 2.90. The largest absolute Gasteiger partial charge is 0.491 e. The maximum atomic E-state index is 5.93. The fourth-order valence-corrected chi connectivity index (χ4v) is 2.16. The highest BCUT2D eigenvalue weighted by atomic mass is 35.5. The summed E-state index contributed by atoms with van der Waals surface area (Å²) in [4.78, 5) is 8.71. The summed E-state index contributed by atoms with van der Waals surface area (Å²) in [6, 6.07) is 12.8. The topological polar surface area (TPSA) is 44.2 Å². The van der Waals surface area contributed by atoms with E-state index in [1.165, 1.54) is 0 Å². The highest BCUT2D eigenvalue weighted by Gasteiger charge is 2.04. The molecule has 0 saturated heterocycles. The Morgan fingerprint density at radius 2 is 1.68 bits per heavy atom. The van der Waals surface area contributed by atoms with Crippen molar-refractivity contribution >= 4 is 22.6 Å². The number of rotatable bonds is 4. The van der Waals surface area contributed by atoms with Crippen LogP contribution in [0.1, 0.15) is 13.8 Å². The van der Waals surface area contributed by atoms with Gasteiger partial charge in [0.25, 0.3) is 0 Å². The Labute approximate surface area is 133 Å². The minimum Gasteiger partial charge on any atom is -0.491 e. The molecule has 112 valence electrons. The van der Waals surface area contributed by atoms with Gasteiger partial charge in [-0.25, -0.2) is 9.97 Å². The van der Waals surface area contributed by atoms with Gasteiger partial charge in [0.15, 0.2) is 0 Å². The molecule has 3 aromatic rings. The van der Waals surface area contributed by atoms with Gasteiger partial charge in [0.1, 0.15) is 11.5 Å². The third kappa shape index (κ3) is 3.46. The Hall–Kier alpha value is -2.33. The van der Waals surface area contributed by atoms with E-state index < -0.39 is 0 Å². The fraction of sp³-hybridized carbons (Fsp3) is 0.176. The van der Waals surface area contributed by atoms with E-state index in [2.05, 4.69) is 9.97 Å². The van der Waals surface area contributed by atoms with Crippen molar-refractivity contribution in [1.29, 1.82) is 0 Å². The van der Waals surface area contributed by atoms with E-state index in [1.807, 2.05) is 44.2 Å². The predicted octanol–water partition coefficient (Wildman–Crippen LogP) is 4.86. The lowest BCUT2D eigenvalue weighted by Crippen LogP contribution is -2.05. The third-order valence-corrected chi connectivity index (χ3v) is 3.14. The van der Waals surface area contributed by atoms with Crippen molar-refractivity contribution in [2.24, 2.45) is 0 Å². The van der Waals surface area contributed by atoms with Crippen LogP contribution in [0.5, 0.6) is 17.4 Å². The van der Waals surface area contributed by atoms with Gasteiger partial charge in [-0.3, -0.25) is 0 Å². The van der Waals surface area contributed by atoms with Crippen LogP contribution in [-0.2, 0) is 0 Å². The number of nitrogens with zero attached hydrogens (tertiary/aromatic N) is 2. The number of hydrogen-bond acceptors (Lipinski definition) is 4. The van der Waals surface area contributed by atoms with Gasteiger partial charge in [0.2, 0.25) is 5.88 Å². The molecule has 1 heterocycles. The van der Waals surface area contributed by atoms with E-state index in [1.54, 1.807) is 18.3 Å². The van der Waals surface area contributed by atoms with Crippen LogP contribution in [0.3, 0.4) is 0 Å². The molecule has 0 N–H and O–H groups in total. The van der Waals surface area contributed by atoms with Gasteiger partial charge in [-0.2, -0.15) is 0 Å². The summed E-state index contributed by atoms with van der Waals surface area (Å²) < 4.78 is 11.3. The lowest BCUT2D eigenvalue weighted by atomic mass is 10.3. The van der Waals surface area contributed by atoms with Crippen molar-refractivity contribution in [3.63, 3.8) is 0 Å². The van der Waals surface area contributed by atoms with Crippen LogP contribution in [0.25, 0.3) is 11.0 Å². The minimum atomic E-state index is 0.143. The van der Waals surface area contributed by atoms with Crippen LogP contribution in [-0.4, -0.2) is 16.1 Å². The molecule has 0 amide bonds.